The van der Waals surface area contributed by atoms with Crippen LogP contribution in [0.25, 0.3) is 0 Å². The van der Waals surface area contributed by atoms with Crippen molar-refractivity contribution in [2.45, 2.75) is 50.2 Å². The van der Waals surface area contributed by atoms with E-state index in [-0.39, 0.29) is 12.5 Å². The van der Waals surface area contributed by atoms with Gasteiger partial charge in [0.2, 0.25) is 0 Å². The molecule has 3 atom stereocenters. The predicted molar refractivity (Wildman–Crippen MR) is 119 cm³/mol. The predicted octanol–water partition coefficient (Wildman–Crippen LogP) is 4.42. The molecule has 2 heterocycles. The monoisotopic (exact) mass is 463 g/mol. The molecule has 32 heavy (non-hydrogen) atoms. The zero-order chi connectivity index (χ0) is 23.3. The number of rotatable bonds is 9. The van der Waals surface area contributed by atoms with Gasteiger partial charge in [0.1, 0.15) is 4.88 Å². The van der Waals surface area contributed by atoms with Crippen LogP contribution in [0.3, 0.4) is 0 Å². The number of ether oxygens (including phenoxy) is 1. The van der Waals surface area contributed by atoms with Gasteiger partial charge in [-0.3, -0.25) is 4.79 Å². The van der Waals surface area contributed by atoms with E-state index in [1.165, 1.54) is 35.5 Å². The van der Waals surface area contributed by atoms with Crippen molar-refractivity contribution >= 4 is 23.2 Å². The van der Waals surface area contributed by atoms with E-state index in [0.717, 1.165) is 10.4 Å². The van der Waals surface area contributed by atoms with E-state index in [2.05, 4.69) is 4.74 Å². The molecule has 5 nitrogen and oxygen atoms in total. The Hall–Kier alpha value is -2.58. The summed E-state index contributed by atoms with van der Waals surface area (Å²) in [6.07, 6.45) is 2.61. The van der Waals surface area contributed by atoms with E-state index in [0.29, 0.717) is 17.7 Å². The van der Waals surface area contributed by atoms with Crippen molar-refractivity contribution in [2.24, 2.45) is 0 Å². The molecule has 0 bridgehead atoms. The minimum absolute atomic E-state index is 0.166. The number of thiophene rings is 1. The lowest BCUT2D eigenvalue weighted by atomic mass is 9.94. The van der Waals surface area contributed by atoms with Crippen molar-refractivity contribution in [2.75, 3.05) is 13.7 Å². The Bertz CT molecular complexity index is 960. The van der Waals surface area contributed by atoms with Crippen LogP contribution in [0, 0.1) is 0 Å². The third-order valence-electron chi connectivity index (χ3n) is 5.68. The molecule has 1 amide bonds. The summed E-state index contributed by atoms with van der Waals surface area (Å²) in [4.78, 5) is 26.4. The maximum atomic E-state index is 14.1. The fourth-order valence-corrected chi connectivity index (χ4v) is 4.74. The van der Waals surface area contributed by atoms with Crippen LogP contribution in [0.2, 0.25) is 0 Å². The van der Waals surface area contributed by atoms with E-state index in [4.69, 9.17) is 0 Å². The summed E-state index contributed by atoms with van der Waals surface area (Å²) in [7, 11) is 1.31. The zero-order valence-electron chi connectivity index (χ0n) is 18.0. The zero-order valence-corrected chi connectivity index (χ0v) is 18.9. The van der Waals surface area contributed by atoms with Crippen molar-refractivity contribution in [3.8, 4) is 0 Å². The number of amides is 1. The maximum Gasteiger partial charge on any atom is 0.348 e. The number of carbonyl (C=O) groups is 2. The molecule has 0 radical (unpaired) electrons. The molecule has 1 N–H and O–H groups in total. The fourth-order valence-electron chi connectivity index (χ4n) is 3.77. The quantitative estimate of drug-likeness (QED) is 0.442. The number of likely N-dealkylation sites (tertiary alicyclic amines) is 1. The lowest BCUT2D eigenvalue weighted by Gasteiger charge is -2.22. The molecule has 0 spiro atoms. The summed E-state index contributed by atoms with van der Waals surface area (Å²) >= 11 is 1.29. The Balaban J connectivity index is 1.61. The number of alkyl halides is 2. The van der Waals surface area contributed by atoms with Crippen LogP contribution >= 0.6 is 11.3 Å². The van der Waals surface area contributed by atoms with Crippen molar-refractivity contribution < 1.29 is 28.2 Å². The number of halogens is 2. The Morgan fingerprint density at radius 1 is 1.31 bits per heavy atom. The van der Waals surface area contributed by atoms with E-state index in [1.54, 1.807) is 12.1 Å². The second-order valence-corrected chi connectivity index (χ2v) is 9.08. The summed E-state index contributed by atoms with van der Waals surface area (Å²) in [5, 5.41) is 10.5. The highest BCUT2D eigenvalue weighted by Gasteiger charge is 2.52. The molecule has 1 fully saturated rings. The van der Waals surface area contributed by atoms with Crippen LogP contribution in [0.1, 0.15) is 45.8 Å². The number of esters is 1. The molecule has 1 aliphatic heterocycles. The molecular formula is C24H27F2NO4S. The van der Waals surface area contributed by atoms with Gasteiger partial charge in [0.05, 0.1) is 19.3 Å². The first-order valence-corrected chi connectivity index (χ1v) is 11.3. The van der Waals surface area contributed by atoms with E-state index in [1.807, 2.05) is 37.3 Å². The van der Waals surface area contributed by atoms with E-state index < -0.39 is 36.4 Å². The molecule has 0 aliphatic carbocycles. The molecule has 1 aliphatic rings. The molecule has 0 saturated carbocycles. The molecule has 2 aromatic rings. The topological polar surface area (TPSA) is 66.8 Å². The maximum absolute atomic E-state index is 14.1. The molecule has 1 aromatic carbocycles. The average Bonchev–Trinajstić information content (AvgIpc) is 3.35. The van der Waals surface area contributed by atoms with Gasteiger partial charge in [-0.2, -0.15) is 8.78 Å². The van der Waals surface area contributed by atoms with Gasteiger partial charge in [-0.15, -0.1) is 11.3 Å². The average molecular weight is 464 g/mol. The normalized spacial score (nSPS) is 20.0. The Morgan fingerprint density at radius 3 is 2.72 bits per heavy atom. The number of aryl methyl sites for hydroxylation is 1. The molecule has 1 aromatic heterocycles. The van der Waals surface area contributed by atoms with Crippen molar-refractivity contribution in [1.82, 2.24) is 4.90 Å². The summed E-state index contributed by atoms with van der Waals surface area (Å²) < 4.78 is 32.9. The van der Waals surface area contributed by atoms with E-state index in [9.17, 15) is 23.5 Å². The van der Waals surface area contributed by atoms with Crippen LogP contribution in [0.4, 0.5) is 8.78 Å². The van der Waals surface area contributed by atoms with Crippen LogP contribution in [0.15, 0.2) is 54.6 Å². The van der Waals surface area contributed by atoms with Gasteiger partial charge in [-0.05, 0) is 30.5 Å². The molecule has 0 unspecified atom stereocenters. The van der Waals surface area contributed by atoms with Crippen LogP contribution in [0.5, 0.6) is 0 Å². The number of nitrogens with zero attached hydrogens (tertiary/aromatic N) is 1. The van der Waals surface area contributed by atoms with Crippen molar-refractivity contribution in [1.29, 1.82) is 0 Å². The van der Waals surface area contributed by atoms with Gasteiger partial charge in [0.25, 0.3) is 5.91 Å². The molecular weight excluding hydrogens is 436 g/mol. The Labute approximate surface area is 190 Å². The SMILES string of the molecule is COC(=O)c1ccc(CCCN2C(=O)C(F)(F)C[C@@H]2C=C[C@H](O)[C@@H](C)c2ccccc2)s1. The summed E-state index contributed by atoms with van der Waals surface area (Å²) in [6.45, 7) is 2.03. The minimum Gasteiger partial charge on any atom is -0.465 e. The van der Waals surface area contributed by atoms with Gasteiger partial charge in [0.15, 0.2) is 0 Å². The van der Waals surface area contributed by atoms with Crippen LogP contribution < -0.4 is 0 Å². The number of methoxy groups -OCH3 is 1. The van der Waals surface area contributed by atoms with Crippen LogP contribution in [-0.2, 0) is 16.0 Å². The summed E-state index contributed by atoms with van der Waals surface area (Å²) in [5.74, 6) is -5.21. The highest BCUT2D eigenvalue weighted by Crippen LogP contribution is 2.35. The number of aliphatic hydroxyl groups excluding tert-OH is 1. The molecule has 3 rings (SSSR count). The lowest BCUT2D eigenvalue weighted by Crippen LogP contribution is -2.36. The second kappa shape index (κ2) is 10.4. The summed E-state index contributed by atoms with van der Waals surface area (Å²) in [5.41, 5.74) is 0.941. The van der Waals surface area contributed by atoms with Gasteiger partial charge in [-0.1, -0.05) is 49.4 Å². The Kier molecular flexibility index (Phi) is 7.79. The Morgan fingerprint density at radius 2 is 2.03 bits per heavy atom. The van der Waals surface area contributed by atoms with Crippen molar-refractivity contribution in [3.63, 3.8) is 0 Å². The van der Waals surface area contributed by atoms with E-state index >= 15 is 0 Å². The largest absolute Gasteiger partial charge is 0.465 e. The van der Waals surface area contributed by atoms with Gasteiger partial charge < -0.3 is 14.7 Å². The first kappa shape index (κ1) is 24.1. The number of hydrogen-bond donors (Lipinski definition) is 1. The molecule has 172 valence electrons. The third-order valence-corrected chi connectivity index (χ3v) is 6.80. The molecule has 1 saturated heterocycles. The van der Waals surface area contributed by atoms with Gasteiger partial charge >= 0.3 is 11.9 Å². The van der Waals surface area contributed by atoms with Crippen molar-refractivity contribution in [3.05, 3.63) is 69.9 Å². The van der Waals surface area contributed by atoms with Crippen LogP contribution in [-0.4, -0.2) is 53.6 Å². The summed E-state index contributed by atoms with van der Waals surface area (Å²) in [6, 6.07) is 12.1. The number of hydrogen-bond acceptors (Lipinski definition) is 5. The highest BCUT2D eigenvalue weighted by molar-refractivity contribution is 7.13. The first-order chi connectivity index (χ1) is 15.2. The molecule has 8 heteroatoms. The first-order valence-electron chi connectivity index (χ1n) is 10.5. The smallest absolute Gasteiger partial charge is 0.348 e. The fraction of sp³-hybridized carbons (Fsp3) is 0.417. The number of benzene rings is 1. The standard InChI is InChI=1S/C24H27F2NO4S/c1-16(17-7-4-3-5-8-17)20(28)12-10-18-15-24(25,26)23(30)27(18)14-6-9-19-11-13-21(32-19)22(29)31-2/h3-5,7-8,10-13,16,18,20,28H,6,9,14-15H2,1-2H3/t16-,18-,20-/m0/s1. The highest BCUT2D eigenvalue weighted by atomic mass is 32.1. The van der Waals surface area contributed by atoms with Gasteiger partial charge in [0, 0.05) is 23.8 Å². The second-order valence-electron chi connectivity index (χ2n) is 7.91. The number of carbonyl (C=O) groups excluding carboxylic acids is 2. The van der Waals surface area contributed by atoms with Gasteiger partial charge in [-0.25, -0.2) is 4.79 Å². The minimum atomic E-state index is -3.41. The third kappa shape index (κ3) is 5.61. The number of aliphatic hydroxyl groups is 1. The lowest BCUT2D eigenvalue weighted by molar-refractivity contribution is -0.148.